The predicted molar refractivity (Wildman–Crippen MR) is 112 cm³/mol. The van der Waals surface area contributed by atoms with Crippen molar-refractivity contribution in [3.05, 3.63) is 29.3 Å². The van der Waals surface area contributed by atoms with E-state index in [1.54, 1.807) is 43.9 Å². The molecule has 2 heterocycles. The largest absolute Gasteiger partial charge is 0.458 e. The zero-order valence-corrected chi connectivity index (χ0v) is 18.4. The zero-order valence-electron chi connectivity index (χ0n) is 18.4. The summed E-state index contributed by atoms with van der Waals surface area (Å²) in [6.07, 6.45) is -3.11. The standard InChI is InChI=1S/C22H30N2O7/c1-14-5-6-15(13-16(14)19(26)23-7-10-29-11-8-23)24-9-12-30-18(20(24)27)17(25)21(28)31-22(2,3)4/h5-6,13,17-18,25H,7-12H2,1-4H3/t17-,18-/m1/s1. The number of nitrogens with zero attached hydrogens (tertiary/aromatic N) is 2. The monoisotopic (exact) mass is 434 g/mol. The number of aryl methyl sites for hydroxylation is 1. The lowest BCUT2D eigenvalue weighted by molar-refractivity contribution is -0.177. The molecule has 2 aliphatic heterocycles. The third-order valence-electron chi connectivity index (χ3n) is 5.12. The van der Waals surface area contributed by atoms with Crippen molar-refractivity contribution >= 4 is 23.5 Å². The summed E-state index contributed by atoms with van der Waals surface area (Å²) in [5.41, 5.74) is 1.01. The van der Waals surface area contributed by atoms with Crippen molar-refractivity contribution in [3.8, 4) is 0 Å². The number of anilines is 1. The van der Waals surface area contributed by atoms with Gasteiger partial charge in [-0.05, 0) is 45.4 Å². The fourth-order valence-electron chi connectivity index (χ4n) is 3.52. The number of morpholine rings is 2. The summed E-state index contributed by atoms with van der Waals surface area (Å²) < 4.78 is 15.9. The number of carbonyl (C=O) groups is 3. The highest BCUT2D eigenvalue weighted by atomic mass is 16.6. The number of amides is 2. The lowest BCUT2D eigenvalue weighted by Crippen LogP contribution is -2.55. The highest BCUT2D eigenvalue weighted by Gasteiger charge is 2.41. The molecule has 2 amide bonds. The third-order valence-corrected chi connectivity index (χ3v) is 5.12. The van der Waals surface area contributed by atoms with Gasteiger partial charge in [0.1, 0.15) is 5.60 Å². The number of hydrogen-bond acceptors (Lipinski definition) is 7. The molecule has 1 N–H and O–H groups in total. The SMILES string of the molecule is Cc1ccc(N2CCO[C@H]([C@@H](O)C(=O)OC(C)(C)C)C2=O)cc1C(=O)N1CCOCC1. The smallest absolute Gasteiger partial charge is 0.338 e. The predicted octanol–water partition coefficient (Wildman–Crippen LogP) is 0.902. The fraction of sp³-hybridized carbons (Fsp3) is 0.591. The first kappa shape index (κ1) is 23.2. The first-order chi connectivity index (χ1) is 14.6. The van der Waals surface area contributed by atoms with Crippen LogP contribution in [0.25, 0.3) is 0 Å². The Morgan fingerprint density at radius 2 is 1.84 bits per heavy atom. The van der Waals surface area contributed by atoms with E-state index < -0.39 is 29.7 Å². The zero-order chi connectivity index (χ0) is 22.8. The molecule has 0 aromatic heterocycles. The maximum Gasteiger partial charge on any atom is 0.338 e. The molecule has 2 fully saturated rings. The average Bonchev–Trinajstić information content (AvgIpc) is 2.73. The van der Waals surface area contributed by atoms with Crippen LogP contribution < -0.4 is 4.90 Å². The van der Waals surface area contributed by atoms with E-state index in [4.69, 9.17) is 14.2 Å². The van der Waals surface area contributed by atoms with Crippen LogP contribution in [0.4, 0.5) is 5.69 Å². The van der Waals surface area contributed by atoms with Crippen LogP contribution in [-0.4, -0.2) is 85.1 Å². The molecule has 170 valence electrons. The second-order valence-corrected chi connectivity index (χ2v) is 8.66. The molecular weight excluding hydrogens is 404 g/mol. The van der Waals surface area contributed by atoms with Crippen LogP contribution in [-0.2, 0) is 23.8 Å². The van der Waals surface area contributed by atoms with Gasteiger partial charge < -0.3 is 29.1 Å². The van der Waals surface area contributed by atoms with Crippen molar-refractivity contribution < 1.29 is 33.7 Å². The molecule has 9 heteroatoms. The molecule has 2 aliphatic rings. The van der Waals surface area contributed by atoms with Crippen LogP contribution in [0.3, 0.4) is 0 Å². The minimum absolute atomic E-state index is 0.117. The normalized spacial score (nSPS) is 21.1. The van der Waals surface area contributed by atoms with E-state index in [1.807, 2.05) is 6.92 Å². The lowest BCUT2D eigenvalue weighted by Gasteiger charge is -2.35. The van der Waals surface area contributed by atoms with E-state index in [-0.39, 0.29) is 19.1 Å². The molecular formula is C22H30N2O7. The molecule has 9 nitrogen and oxygen atoms in total. The molecule has 3 rings (SSSR count). The maximum absolute atomic E-state index is 13.0. The quantitative estimate of drug-likeness (QED) is 0.702. The van der Waals surface area contributed by atoms with Crippen LogP contribution in [0.15, 0.2) is 18.2 Å². The molecule has 0 spiro atoms. The summed E-state index contributed by atoms with van der Waals surface area (Å²) in [5.74, 6) is -1.59. The molecule has 0 unspecified atom stereocenters. The van der Waals surface area contributed by atoms with Crippen LogP contribution in [0.1, 0.15) is 36.7 Å². The minimum atomic E-state index is -1.74. The summed E-state index contributed by atoms with van der Waals surface area (Å²) >= 11 is 0. The number of aliphatic hydroxyl groups excluding tert-OH is 1. The number of carbonyl (C=O) groups excluding carboxylic acids is 3. The number of benzene rings is 1. The number of esters is 1. The van der Waals surface area contributed by atoms with Crippen molar-refractivity contribution in [3.63, 3.8) is 0 Å². The van der Waals surface area contributed by atoms with Gasteiger partial charge in [-0.15, -0.1) is 0 Å². The van der Waals surface area contributed by atoms with Crippen molar-refractivity contribution in [2.24, 2.45) is 0 Å². The van der Waals surface area contributed by atoms with E-state index in [2.05, 4.69) is 0 Å². The maximum atomic E-state index is 13.0. The lowest BCUT2D eigenvalue weighted by atomic mass is 10.0. The summed E-state index contributed by atoms with van der Waals surface area (Å²) in [6.45, 7) is 9.26. The molecule has 0 radical (unpaired) electrons. The topological polar surface area (TPSA) is 106 Å². The number of aliphatic hydroxyl groups is 1. The summed E-state index contributed by atoms with van der Waals surface area (Å²) in [5, 5.41) is 10.4. The molecule has 2 atom stereocenters. The van der Waals surface area contributed by atoms with Gasteiger partial charge in [0.15, 0.2) is 12.2 Å². The van der Waals surface area contributed by atoms with Gasteiger partial charge >= 0.3 is 5.97 Å². The van der Waals surface area contributed by atoms with Crippen molar-refractivity contribution in [2.45, 2.75) is 45.5 Å². The second-order valence-electron chi connectivity index (χ2n) is 8.66. The second kappa shape index (κ2) is 9.33. The van der Waals surface area contributed by atoms with Gasteiger partial charge in [0.25, 0.3) is 11.8 Å². The molecule has 0 saturated carbocycles. The van der Waals surface area contributed by atoms with Crippen LogP contribution >= 0.6 is 0 Å². The number of rotatable bonds is 4. The molecule has 1 aromatic rings. The summed E-state index contributed by atoms with van der Waals surface area (Å²) in [4.78, 5) is 41.4. The molecule has 1 aromatic carbocycles. The Labute approximate surface area is 181 Å². The Balaban J connectivity index is 1.79. The Morgan fingerprint density at radius 1 is 1.16 bits per heavy atom. The fourth-order valence-corrected chi connectivity index (χ4v) is 3.52. The highest BCUT2D eigenvalue weighted by molar-refractivity contribution is 6.02. The van der Waals surface area contributed by atoms with Crippen LogP contribution in [0.2, 0.25) is 0 Å². The van der Waals surface area contributed by atoms with Gasteiger partial charge in [-0.2, -0.15) is 0 Å². The van der Waals surface area contributed by atoms with E-state index in [0.717, 1.165) is 5.56 Å². The van der Waals surface area contributed by atoms with Gasteiger partial charge in [-0.1, -0.05) is 6.07 Å². The molecule has 0 bridgehead atoms. The van der Waals surface area contributed by atoms with Crippen molar-refractivity contribution in [2.75, 3.05) is 44.4 Å². The number of ether oxygens (including phenoxy) is 3. The Bertz CT molecular complexity index is 843. The average molecular weight is 434 g/mol. The van der Waals surface area contributed by atoms with Gasteiger partial charge in [-0.3, -0.25) is 9.59 Å². The van der Waals surface area contributed by atoms with Gasteiger partial charge in [0, 0.05) is 30.9 Å². The van der Waals surface area contributed by atoms with Crippen LogP contribution in [0, 0.1) is 6.92 Å². The Kier molecular flexibility index (Phi) is 6.98. The van der Waals surface area contributed by atoms with E-state index >= 15 is 0 Å². The van der Waals surface area contributed by atoms with E-state index in [0.29, 0.717) is 37.6 Å². The summed E-state index contributed by atoms with van der Waals surface area (Å²) in [7, 11) is 0. The molecule has 31 heavy (non-hydrogen) atoms. The van der Waals surface area contributed by atoms with Gasteiger partial charge in [-0.25, -0.2) is 4.79 Å². The first-order valence-corrected chi connectivity index (χ1v) is 10.4. The van der Waals surface area contributed by atoms with Crippen molar-refractivity contribution in [1.29, 1.82) is 0 Å². The van der Waals surface area contributed by atoms with E-state index in [1.165, 1.54) is 4.90 Å². The minimum Gasteiger partial charge on any atom is -0.458 e. The highest BCUT2D eigenvalue weighted by Crippen LogP contribution is 2.25. The first-order valence-electron chi connectivity index (χ1n) is 10.4. The van der Waals surface area contributed by atoms with Crippen LogP contribution in [0.5, 0.6) is 0 Å². The van der Waals surface area contributed by atoms with E-state index in [9.17, 15) is 19.5 Å². The number of hydrogen-bond donors (Lipinski definition) is 1. The molecule has 0 aliphatic carbocycles. The third kappa shape index (κ3) is 5.41. The van der Waals surface area contributed by atoms with Crippen molar-refractivity contribution in [1.82, 2.24) is 4.90 Å². The van der Waals surface area contributed by atoms with Gasteiger partial charge in [0.05, 0.1) is 19.8 Å². The van der Waals surface area contributed by atoms with Gasteiger partial charge in [0.2, 0.25) is 0 Å². The Hall–Kier alpha value is -2.49. The summed E-state index contributed by atoms with van der Waals surface area (Å²) in [6, 6.07) is 5.20. The molecule has 2 saturated heterocycles. The Morgan fingerprint density at radius 3 is 2.48 bits per heavy atom.